The second kappa shape index (κ2) is 12.1. The van der Waals surface area contributed by atoms with E-state index in [1.165, 1.54) is 72.2 Å². The molecular weight excluding hydrogens is 667 g/mol. The molecule has 7 aromatic carbocycles. The van der Waals surface area contributed by atoms with Gasteiger partial charge in [-0.2, -0.15) is 0 Å². The van der Waals surface area contributed by atoms with Gasteiger partial charge in [-0.1, -0.05) is 127 Å². The summed E-state index contributed by atoms with van der Waals surface area (Å²) < 4.78 is 6.48. The molecule has 1 heterocycles. The predicted molar refractivity (Wildman–Crippen MR) is 227 cm³/mol. The monoisotopic (exact) mass is 709 g/mol. The van der Waals surface area contributed by atoms with Crippen LogP contribution in [-0.2, 0) is 5.41 Å². The van der Waals surface area contributed by atoms with Gasteiger partial charge in [0.15, 0.2) is 0 Å². The fourth-order valence-corrected chi connectivity index (χ4v) is 12.1. The summed E-state index contributed by atoms with van der Waals surface area (Å²) in [6.45, 7) is 0. The zero-order valence-corrected chi connectivity index (χ0v) is 31.0. The van der Waals surface area contributed by atoms with Crippen molar-refractivity contribution in [3.8, 4) is 33.4 Å². The summed E-state index contributed by atoms with van der Waals surface area (Å²) in [4.78, 5) is 2.52. The summed E-state index contributed by atoms with van der Waals surface area (Å²) >= 11 is 0. The van der Waals surface area contributed by atoms with Crippen LogP contribution in [0.1, 0.15) is 49.7 Å². The Balaban J connectivity index is 1.03. The van der Waals surface area contributed by atoms with Crippen molar-refractivity contribution < 1.29 is 4.42 Å². The molecule has 0 N–H and O–H groups in total. The van der Waals surface area contributed by atoms with Crippen molar-refractivity contribution in [1.29, 1.82) is 0 Å². The molecule has 2 heteroatoms. The van der Waals surface area contributed by atoms with Crippen LogP contribution in [0.5, 0.6) is 0 Å². The van der Waals surface area contributed by atoms with Gasteiger partial charge in [0.25, 0.3) is 0 Å². The van der Waals surface area contributed by atoms with Gasteiger partial charge in [-0.15, -0.1) is 0 Å². The van der Waals surface area contributed by atoms with Crippen molar-refractivity contribution in [2.45, 2.75) is 43.9 Å². The van der Waals surface area contributed by atoms with Crippen LogP contribution in [0.15, 0.2) is 168 Å². The maximum atomic E-state index is 6.48. The molecule has 5 unspecified atom stereocenters. The molecule has 0 aliphatic heterocycles. The van der Waals surface area contributed by atoms with E-state index in [9.17, 15) is 0 Å². The molecule has 1 aromatic heterocycles. The van der Waals surface area contributed by atoms with Gasteiger partial charge in [0.1, 0.15) is 11.2 Å². The molecule has 0 radical (unpaired) electrons. The lowest BCUT2D eigenvalue weighted by Gasteiger charge is -2.40. The van der Waals surface area contributed by atoms with Crippen LogP contribution < -0.4 is 4.90 Å². The first kappa shape index (κ1) is 31.5. The number of fused-ring (bicyclic) bond motifs is 11. The topological polar surface area (TPSA) is 16.4 Å². The van der Waals surface area contributed by atoms with Crippen molar-refractivity contribution in [1.82, 2.24) is 0 Å². The quantitative estimate of drug-likeness (QED) is 0.177. The van der Waals surface area contributed by atoms with Crippen LogP contribution in [0.4, 0.5) is 17.1 Å². The number of hydrogen-bond donors (Lipinski definition) is 0. The standard InChI is InChI=1S/C53H43NO/c1-2-10-36(11-3-1)37-20-24-40(25-21-37)54(41-26-22-38(23-27-41)42-14-8-15-44-43-12-5-7-19-50(43)55-52(42)44)49-18-9-17-47-51(49)45-13-4-6-16-46(45)53(47)29-28-34-30-35-32-39(31-34)48(53)33-35/h1-27,34-35,39,48H,28-33H2. The Hall–Kier alpha value is -5.86. The minimum Gasteiger partial charge on any atom is -0.455 e. The first-order valence-corrected chi connectivity index (χ1v) is 20.4. The van der Waals surface area contributed by atoms with Crippen LogP contribution in [0.2, 0.25) is 0 Å². The molecular formula is C53H43NO. The van der Waals surface area contributed by atoms with Crippen LogP contribution in [0, 0.1) is 23.7 Å². The minimum absolute atomic E-state index is 0.0917. The number of rotatable bonds is 5. The summed E-state index contributed by atoms with van der Waals surface area (Å²) in [5.74, 6) is 3.38. The second-order valence-electron chi connectivity index (χ2n) is 16.9. The summed E-state index contributed by atoms with van der Waals surface area (Å²) in [6, 6.07) is 60.7. The van der Waals surface area contributed by atoms with E-state index in [1.807, 2.05) is 6.07 Å². The average Bonchev–Trinajstić information content (AvgIpc) is 3.85. The summed E-state index contributed by atoms with van der Waals surface area (Å²) in [5, 5.41) is 2.32. The molecule has 3 bridgehead atoms. The van der Waals surface area contributed by atoms with Crippen molar-refractivity contribution in [2.24, 2.45) is 23.7 Å². The van der Waals surface area contributed by atoms with E-state index in [0.29, 0.717) is 0 Å². The van der Waals surface area contributed by atoms with E-state index in [2.05, 4.69) is 163 Å². The van der Waals surface area contributed by atoms with Crippen molar-refractivity contribution in [3.63, 3.8) is 0 Å². The first-order valence-electron chi connectivity index (χ1n) is 20.4. The Morgan fingerprint density at radius 1 is 0.491 bits per heavy atom. The Morgan fingerprint density at radius 2 is 1.15 bits per heavy atom. The van der Waals surface area contributed by atoms with Crippen LogP contribution in [-0.4, -0.2) is 0 Å². The van der Waals surface area contributed by atoms with E-state index in [1.54, 1.807) is 11.1 Å². The molecule has 5 atom stereocenters. The molecule has 3 saturated carbocycles. The van der Waals surface area contributed by atoms with Gasteiger partial charge in [0.05, 0.1) is 5.69 Å². The van der Waals surface area contributed by atoms with Gasteiger partial charge >= 0.3 is 0 Å². The van der Waals surface area contributed by atoms with E-state index in [4.69, 9.17) is 4.42 Å². The highest BCUT2D eigenvalue weighted by molar-refractivity contribution is 6.09. The molecule has 4 aliphatic carbocycles. The summed E-state index contributed by atoms with van der Waals surface area (Å²) in [5.41, 5.74) is 16.3. The molecule has 8 aromatic rings. The lowest BCUT2D eigenvalue weighted by atomic mass is 9.63. The van der Waals surface area contributed by atoms with E-state index < -0.39 is 0 Å². The van der Waals surface area contributed by atoms with E-state index in [0.717, 1.165) is 62.4 Å². The molecule has 55 heavy (non-hydrogen) atoms. The number of para-hydroxylation sites is 2. The molecule has 0 amide bonds. The van der Waals surface area contributed by atoms with Gasteiger partial charge in [0.2, 0.25) is 0 Å². The predicted octanol–water partition coefficient (Wildman–Crippen LogP) is 14.5. The lowest BCUT2D eigenvalue weighted by molar-refractivity contribution is 0.250. The zero-order valence-electron chi connectivity index (χ0n) is 31.0. The first-order chi connectivity index (χ1) is 27.2. The average molecular weight is 710 g/mol. The third kappa shape index (κ3) is 4.67. The van der Waals surface area contributed by atoms with Crippen molar-refractivity contribution >= 4 is 39.0 Å². The number of hydrogen-bond acceptors (Lipinski definition) is 2. The van der Waals surface area contributed by atoms with Crippen molar-refractivity contribution in [2.75, 3.05) is 4.90 Å². The third-order valence-corrected chi connectivity index (χ3v) is 14.2. The SMILES string of the molecule is c1ccc(-c2ccc(N(c3ccc(-c4cccc5c4oc4ccccc45)cc3)c3cccc4c3-c3ccccc3C43CCC4CC5CC(C4)C3C5)cc2)cc1. The van der Waals surface area contributed by atoms with Gasteiger partial charge in [-0.3, -0.25) is 0 Å². The normalized spacial score (nSPS) is 23.3. The van der Waals surface area contributed by atoms with Crippen molar-refractivity contribution in [3.05, 3.63) is 175 Å². The highest BCUT2D eigenvalue weighted by Crippen LogP contribution is 2.67. The van der Waals surface area contributed by atoms with Crippen LogP contribution in [0.25, 0.3) is 55.3 Å². The fourth-order valence-electron chi connectivity index (χ4n) is 12.1. The highest BCUT2D eigenvalue weighted by atomic mass is 16.3. The van der Waals surface area contributed by atoms with E-state index >= 15 is 0 Å². The number of anilines is 3. The highest BCUT2D eigenvalue weighted by Gasteiger charge is 2.58. The van der Waals surface area contributed by atoms with Gasteiger partial charge in [-0.25, -0.2) is 0 Å². The third-order valence-electron chi connectivity index (χ3n) is 14.2. The lowest BCUT2D eigenvalue weighted by Crippen LogP contribution is -2.36. The van der Waals surface area contributed by atoms with Crippen LogP contribution in [0.3, 0.4) is 0 Å². The molecule has 12 rings (SSSR count). The Bertz CT molecular complexity index is 2740. The molecule has 2 nitrogen and oxygen atoms in total. The Morgan fingerprint density at radius 3 is 2.00 bits per heavy atom. The fraction of sp³-hybridized carbons (Fsp3) is 0.208. The zero-order chi connectivity index (χ0) is 36.1. The molecule has 266 valence electrons. The van der Waals surface area contributed by atoms with Gasteiger partial charge < -0.3 is 9.32 Å². The number of furan rings is 1. The Kier molecular flexibility index (Phi) is 6.91. The summed E-state index contributed by atoms with van der Waals surface area (Å²) in [6.07, 6.45) is 8.36. The van der Waals surface area contributed by atoms with Gasteiger partial charge in [-0.05, 0) is 132 Å². The number of benzene rings is 7. The second-order valence-corrected chi connectivity index (χ2v) is 16.9. The number of nitrogens with zero attached hydrogens (tertiary/aromatic N) is 1. The molecule has 0 saturated heterocycles. The molecule has 3 fully saturated rings. The van der Waals surface area contributed by atoms with Gasteiger partial charge in [0, 0.05) is 38.7 Å². The Labute approximate surface area is 323 Å². The largest absolute Gasteiger partial charge is 0.455 e. The van der Waals surface area contributed by atoms with E-state index in [-0.39, 0.29) is 5.41 Å². The maximum absolute atomic E-state index is 6.48. The maximum Gasteiger partial charge on any atom is 0.143 e. The smallest absolute Gasteiger partial charge is 0.143 e. The minimum atomic E-state index is 0.0917. The molecule has 4 aliphatic rings. The van der Waals surface area contributed by atoms with Crippen LogP contribution >= 0.6 is 0 Å². The molecule has 1 spiro atoms. The summed E-state index contributed by atoms with van der Waals surface area (Å²) in [7, 11) is 0.